The number of nitrogens with zero attached hydrogens (tertiary/aromatic N) is 3. The number of esters is 1. The number of piperazine rings is 1. The van der Waals surface area contributed by atoms with E-state index in [4.69, 9.17) is 9.47 Å². The van der Waals surface area contributed by atoms with Gasteiger partial charge in [0.2, 0.25) is 0 Å². The first-order valence-corrected chi connectivity index (χ1v) is 9.99. The Kier molecular flexibility index (Phi) is 8.73. The summed E-state index contributed by atoms with van der Waals surface area (Å²) in [6, 6.07) is 8.20. The van der Waals surface area contributed by atoms with E-state index in [9.17, 15) is 9.59 Å². The van der Waals surface area contributed by atoms with E-state index >= 15 is 0 Å². The van der Waals surface area contributed by atoms with Crippen LogP contribution in [0.5, 0.6) is 0 Å². The van der Waals surface area contributed by atoms with Crippen LogP contribution in [-0.2, 0) is 14.3 Å². The van der Waals surface area contributed by atoms with Crippen LogP contribution in [0.3, 0.4) is 0 Å². The van der Waals surface area contributed by atoms with Gasteiger partial charge in [-0.1, -0.05) is 0 Å². The molecule has 28 heavy (non-hydrogen) atoms. The highest BCUT2D eigenvalue weighted by molar-refractivity contribution is 5.96. The zero-order chi connectivity index (χ0) is 20.5. The minimum absolute atomic E-state index is 0.0745. The smallest absolute Gasteiger partial charge is 0.325 e. The first-order valence-electron chi connectivity index (χ1n) is 9.99. The summed E-state index contributed by atoms with van der Waals surface area (Å²) in [5.41, 5.74) is 1.68. The average Bonchev–Trinajstić information content (AvgIpc) is 2.71. The molecular weight excluding hydrogens is 358 g/mol. The molecule has 0 bridgehead atoms. The SMILES string of the molecule is CCOC(=O)CN(CCOC)C(=O)c1ccc(N2CCN(C(C)C)CC2)cc1. The van der Waals surface area contributed by atoms with Crippen molar-refractivity contribution in [3.05, 3.63) is 29.8 Å². The van der Waals surface area contributed by atoms with Gasteiger partial charge in [0.15, 0.2) is 0 Å². The van der Waals surface area contributed by atoms with Gasteiger partial charge in [0.25, 0.3) is 5.91 Å². The van der Waals surface area contributed by atoms with Crippen molar-refractivity contribution in [1.82, 2.24) is 9.80 Å². The molecule has 1 saturated heterocycles. The van der Waals surface area contributed by atoms with Gasteiger partial charge >= 0.3 is 5.97 Å². The van der Waals surface area contributed by atoms with E-state index < -0.39 is 5.97 Å². The van der Waals surface area contributed by atoms with E-state index in [-0.39, 0.29) is 12.5 Å². The highest BCUT2D eigenvalue weighted by Crippen LogP contribution is 2.19. The number of hydrogen-bond acceptors (Lipinski definition) is 6. The lowest BCUT2D eigenvalue weighted by atomic mass is 10.1. The summed E-state index contributed by atoms with van der Waals surface area (Å²) in [6.45, 7) is 11.2. The van der Waals surface area contributed by atoms with Crippen LogP contribution in [0.1, 0.15) is 31.1 Å². The Morgan fingerprint density at radius 3 is 2.29 bits per heavy atom. The molecule has 0 aliphatic carbocycles. The van der Waals surface area contributed by atoms with Gasteiger partial charge in [0, 0.05) is 57.1 Å². The molecule has 0 radical (unpaired) electrons. The number of hydrogen-bond donors (Lipinski definition) is 0. The van der Waals surface area contributed by atoms with E-state index in [0.29, 0.717) is 31.4 Å². The topological polar surface area (TPSA) is 62.3 Å². The van der Waals surface area contributed by atoms with Crippen molar-refractivity contribution in [2.24, 2.45) is 0 Å². The fraction of sp³-hybridized carbons (Fsp3) is 0.619. The Morgan fingerprint density at radius 1 is 1.11 bits per heavy atom. The maximum atomic E-state index is 12.8. The second-order valence-electron chi connectivity index (χ2n) is 7.19. The molecule has 1 heterocycles. The summed E-state index contributed by atoms with van der Waals surface area (Å²) in [5.74, 6) is -0.604. The van der Waals surface area contributed by atoms with Crippen molar-refractivity contribution in [1.29, 1.82) is 0 Å². The van der Waals surface area contributed by atoms with Crippen LogP contribution in [0.2, 0.25) is 0 Å². The molecule has 156 valence electrons. The lowest BCUT2D eigenvalue weighted by molar-refractivity contribution is -0.143. The molecule has 0 saturated carbocycles. The number of amides is 1. The van der Waals surface area contributed by atoms with Crippen LogP contribution in [-0.4, -0.2) is 87.3 Å². The quantitative estimate of drug-likeness (QED) is 0.599. The van der Waals surface area contributed by atoms with Gasteiger partial charge in [-0.3, -0.25) is 14.5 Å². The second-order valence-corrected chi connectivity index (χ2v) is 7.19. The van der Waals surface area contributed by atoms with Crippen molar-refractivity contribution in [2.45, 2.75) is 26.8 Å². The molecule has 1 aromatic carbocycles. The predicted octanol–water partition coefficient (Wildman–Crippen LogP) is 1.87. The zero-order valence-corrected chi connectivity index (χ0v) is 17.5. The molecule has 0 unspecified atom stereocenters. The van der Waals surface area contributed by atoms with E-state index in [0.717, 1.165) is 31.9 Å². The summed E-state index contributed by atoms with van der Waals surface area (Å²) in [6.07, 6.45) is 0. The molecule has 1 fully saturated rings. The van der Waals surface area contributed by atoms with Crippen LogP contribution in [0.15, 0.2) is 24.3 Å². The number of ether oxygens (including phenoxy) is 2. The molecule has 1 amide bonds. The lowest BCUT2D eigenvalue weighted by Crippen LogP contribution is -2.48. The van der Waals surface area contributed by atoms with Crippen LogP contribution >= 0.6 is 0 Å². The van der Waals surface area contributed by atoms with Crippen molar-refractivity contribution >= 4 is 17.6 Å². The maximum absolute atomic E-state index is 12.8. The Hall–Kier alpha value is -2.12. The molecule has 1 aliphatic rings. The van der Waals surface area contributed by atoms with Gasteiger partial charge < -0.3 is 19.3 Å². The summed E-state index contributed by atoms with van der Waals surface area (Å²) in [4.78, 5) is 30.9. The zero-order valence-electron chi connectivity index (χ0n) is 17.5. The van der Waals surface area contributed by atoms with Crippen molar-refractivity contribution < 1.29 is 19.1 Å². The number of carbonyl (C=O) groups is 2. The van der Waals surface area contributed by atoms with Crippen LogP contribution < -0.4 is 4.90 Å². The molecule has 1 aliphatic heterocycles. The van der Waals surface area contributed by atoms with Gasteiger partial charge in [-0.05, 0) is 45.0 Å². The Morgan fingerprint density at radius 2 is 1.75 bits per heavy atom. The molecular formula is C21H33N3O4. The van der Waals surface area contributed by atoms with E-state index in [1.165, 1.54) is 4.90 Å². The first kappa shape index (κ1) is 22.2. The summed E-state index contributed by atoms with van der Waals surface area (Å²) < 4.78 is 10.0. The van der Waals surface area contributed by atoms with Gasteiger partial charge in [-0.15, -0.1) is 0 Å². The van der Waals surface area contributed by atoms with Crippen LogP contribution in [0, 0.1) is 0 Å². The molecule has 0 atom stereocenters. The number of benzene rings is 1. The lowest BCUT2D eigenvalue weighted by Gasteiger charge is -2.38. The van der Waals surface area contributed by atoms with E-state index in [2.05, 4.69) is 23.6 Å². The van der Waals surface area contributed by atoms with Crippen LogP contribution in [0.4, 0.5) is 5.69 Å². The highest BCUT2D eigenvalue weighted by atomic mass is 16.5. The Labute approximate surface area is 168 Å². The molecule has 0 N–H and O–H groups in total. The number of rotatable bonds is 9. The maximum Gasteiger partial charge on any atom is 0.325 e. The van der Waals surface area contributed by atoms with Crippen molar-refractivity contribution in [2.75, 3.05) is 64.5 Å². The Bertz CT molecular complexity index is 625. The van der Waals surface area contributed by atoms with Gasteiger partial charge in [0.1, 0.15) is 6.54 Å². The van der Waals surface area contributed by atoms with E-state index in [1.807, 2.05) is 24.3 Å². The molecule has 0 aromatic heterocycles. The number of methoxy groups -OCH3 is 1. The number of carbonyl (C=O) groups excluding carboxylic acids is 2. The fourth-order valence-electron chi connectivity index (χ4n) is 3.31. The van der Waals surface area contributed by atoms with Crippen LogP contribution in [0.25, 0.3) is 0 Å². The molecule has 1 aromatic rings. The third-order valence-corrected chi connectivity index (χ3v) is 5.00. The summed E-state index contributed by atoms with van der Waals surface area (Å²) in [7, 11) is 1.57. The molecule has 7 nitrogen and oxygen atoms in total. The minimum atomic E-state index is -0.411. The summed E-state index contributed by atoms with van der Waals surface area (Å²) >= 11 is 0. The number of anilines is 1. The molecule has 0 spiro atoms. The fourth-order valence-corrected chi connectivity index (χ4v) is 3.31. The normalized spacial score (nSPS) is 15.0. The highest BCUT2D eigenvalue weighted by Gasteiger charge is 2.21. The molecule has 2 rings (SSSR count). The Balaban J connectivity index is 2.01. The molecule has 7 heteroatoms. The largest absolute Gasteiger partial charge is 0.465 e. The predicted molar refractivity (Wildman–Crippen MR) is 110 cm³/mol. The monoisotopic (exact) mass is 391 g/mol. The summed E-state index contributed by atoms with van der Waals surface area (Å²) in [5, 5.41) is 0. The second kappa shape index (κ2) is 11.0. The third-order valence-electron chi connectivity index (χ3n) is 5.00. The third kappa shape index (κ3) is 6.21. The van der Waals surface area contributed by atoms with Gasteiger partial charge in [0.05, 0.1) is 13.2 Å². The van der Waals surface area contributed by atoms with Gasteiger partial charge in [-0.25, -0.2) is 0 Å². The minimum Gasteiger partial charge on any atom is -0.465 e. The standard InChI is InChI=1S/C21H33N3O4/c1-5-28-20(25)16-24(14-15-27-4)21(26)18-6-8-19(9-7-18)23-12-10-22(11-13-23)17(2)3/h6-9,17H,5,10-16H2,1-4H3. The first-order chi connectivity index (χ1) is 13.5. The van der Waals surface area contributed by atoms with Crippen molar-refractivity contribution in [3.63, 3.8) is 0 Å². The van der Waals surface area contributed by atoms with E-state index in [1.54, 1.807) is 14.0 Å². The van der Waals surface area contributed by atoms with Crippen molar-refractivity contribution in [3.8, 4) is 0 Å². The average molecular weight is 392 g/mol. The van der Waals surface area contributed by atoms with Gasteiger partial charge in [-0.2, -0.15) is 0 Å².